The van der Waals surface area contributed by atoms with Gasteiger partial charge in [0, 0.05) is 11.6 Å². The number of allylic oxidation sites excluding steroid dienone is 1. The van der Waals surface area contributed by atoms with E-state index in [-0.39, 0.29) is 28.3 Å². The van der Waals surface area contributed by atoms with Gasteiger partial charge in [-0.15, -0.1) is 4.83 Å². The normalized spacial score (nSPS) is 22.5. The Labute approximate surface area is 171 Å². The van der Waals surface area contributed by atoms with E-state index in [2.05, 4.69) is 10.3 Å². The zero-order chi connectivity index (χ0) is 21.6. The quantitative estimate of drug-likeness (QED) is 0.432. The summed E-state index contributed by atoms with van der Waals surface area (Å²) in [6.07, 6.45) is 0.116. The maximum absolute atomic E-state index is 12.5. The fourth-order valence-electron chi connectivity index (χ4n) is 4.29. The van der Waals surface area contributed by atoms with E-state index in [1.165, 1.54) is 24.3 Å². The second-order valence-corrected chi connectivity index (χ2v) is 8.88. The molecule has 3 atom stereocenters. The molecule has 0 saturated carbocycles. The predicted molar refractivity (Wildman–Crippen MR) is 105 cm³/mol. The maximum atomic E-state index is 12.5. The Morgan fingerprint density at radius 2 is 1.70 bits per heavy atom. The van der Waals surface area contributed by atoms with Crippen molar-refractivity contribution < 1.29 is 33.3 Å². The van der Waals surface area contributed by atoms with Crippen LogP contribution in [0.2, 0.25) is 0 Å². The molecule has 5 rings (SSSR count). The fraction of sp³-hybridized carbons (Fsp3) is 0.200. The van der Waals surface area contributed by atoms with E-state index in [1.54, 1.807) is 24.3 Å². The molecular weight excluding hydrogens is 412 g/mol. The number of fused-ring (bicyclic) bond motifs is 2. The van der Waals surface area contributed by atoms with E-state index in [1.807, 2.05) is 0 Å². The van der Waals surface area contributed by atoms with Crippen LogP contribution >= 0.6 is 0 Å². The number of hydrogen-bond donors (Lipinski definition) is 5. The SMILES string of the molecule is O=C(O)C1C2=C(NNS(=O)(=O)c3ccccc3)CC(c3ccc(O)cc32)C1C(=O)O. The summed E-state index contributed by atoms with van der Waals surface area (Å²) in [4.78, 5) is 26.1. The number of carboxylic acid groups (broad SMARTS) is 2. The van der Waals surface area contributed by atoms with Crippen molar-refractivity contribution in [1.29, 1.82) is 0 Å². The van der Waals surface area contributed by atoms with E-state index in [9.17, 15) is 33.3 Å². The second-order valence-electron chi connectivity index (χ2n) is 7.20. The average molecular weight is 430 g/mol. The number of hydrogen-bond acceptors (Lipinski definition) is 6. The molecule has 10 heteroatoms. The topological polar surface area (TPSA) is 153 Å². The van der Waals surface area contributed by atoms with Gasteiger partial charge in [0.25, 0.3) is 10.0 Å². The summed E-state index contributed by atoms with van der Waals surface area (Å²) < 4.78 is 25.0. The number of benzene rings is 2. The number of rotatable bonds is 6. The summed E-state index contributed by atoms with van der Waals surface area (Å²) in [7, 11) is -3.94. The molecule has 156 valence electrons. The van der Waals surface area contributed by atoms with Crippen molar-refractivity contribution in [3.63, 3.8) is 0 Å². The average Bonchev–Trinajstić information content (AvgIpc) is 2.72. The molecule has 5 N–H and O–H groups in total. The third kappa shape index (κ3) is 3.19. The highest BCUT2D eigenvalue weighted by Crippen LogP contribution is 2.55. The number of aromatic hydroxyl groups is 1. The first-order valence-corrected chi connectivity index (χ1v) is 10.5. The largest absolute Gasteiger partial charge is 0.508 e. The van der Waals surface area contributed by atoms with Gasteiger partial charge in [0.05, 0.1) is 16.7 Å². The minimum atomic E-state index is -3.94. The Kier molecular flexibility index (Phi) is 4.75. The molecule has 2 bridgehead atoms. The van der Waals surface area contributed by atoms with Crippen molar-refractivity contribution in [1.82, 2.24) is 10.3 Å². The first-order valence-electron chi connectivity index (χ1n) is 9.05. The molecule has 30 heavy (non-hydrogen) atoms. The molecular formula is C20H18N2O7S. The fourth-order valence-corrected chi connectivity index (χ4v) is 5.18. The van der Waals surface area contributed by atoms with Gasteiger partial charge in [-0.25, -0.2) is 8.42 Å². The van der Waals surface area contributed by atoms with E-state index in [0.29, 0.717) is 11.1 Å². The number of carbonyl (C=O) groups is 2. The lowest BCUT2D eigenvalue weighted by Crippen LogP contribution is -2.47. The Hall–Kier alpha value is -3.37. The van der Waals surface area contributed by atoms with E-state index in [4.69, 9.17) is 0 Å². The van der Waals surface area contributed by atoms with Gasteiger partial charge in [-0.05, 0) is 47.4 Å². The number of phenolic OH excluding ortho intramolecular Hbond substituents is 1. The molecule has 3 unspecified atom stereocenters. The highest BCUT2D eigenvalue weighted by molar-refractivity contribution is 7.89. The molecule has 0 spiro atoms. The summed E-state index contributed by atoms with van der Waals surface area (Å²) in [5.41, 5.74) is 4.03. The Morgan fingerprint density at radius 3 is 2.33 bits per heavy atom. The lowest BCUT2D eigenvalue weighted by atomic mass is 9.60. The van der Waals surface area contributed by atoms with Crippen LogP contribution in [0.5, 0.6) is 5.75 Å². The maximum Gasteiger partial charge on any atom is 0.311 e. The number of phenols is 1. The van der Waals surface area contributed by atoms with Crippen molar-refractivity contribution >= 4 is 27.5 Å². The van der Waals surface area contributed by atoms with Gasteiger partial charge >= 0.3 is 11.9 Å². The molecule has 0 aliphatic heterocycles. The van der Waals surface area contributed by atoms with Gasteiger partial charge in [0.2, 0.25) is 0 Å². The molecule has 0 amide bonds. The predicted octanol–water partition coefficient (Wildman–Crippen LogP) is 1.49. The number of hydrazine groups is 1. The van der Waals surface area contributed by atoms with Crippen LogP contribution in [0, 0.1) is 11.8 Å². The standard InChI is InChI=1S/C20H18N2O7S/c23-10-6-7-12-13(8-10)16-15(9-14(12)17(19(24)25)18(16)20(26)27)21-22-30(28,29)11-4-2-1-3-5-11/h1-8,14,17-18,21-23H,9H2,(H,24,25)(H,26,27). The Morgan fingerprint density at radius 1 is 1.00 bits per heavy atom. The molecule has 3 aliphatic rings. The van der Waals surface area contributed by atoms with Gasteiger partial charge in [0.1, 0.15) is 5.75 Å². The molecule has 0 aromatic heterocycles. The molecule has 0 fully saturated rings. The van der Waals surface area contributed by atoms with E-state index in [0.717, 1.165) is 0 Å². The zero-order valence-corrected chi connectivity index (χ0v) is 16.3. The van der Waals surface area contributed by atoms with Crippen molar-refractivity contribution in [3.05, 3.63) is 65.4 Å². The lowest BCUT2D eigenvalue weighted by molar-refractivity contribution is -0.153. The molecule has 0 radical (unpaired) electrons. The number of carboxylic acids is 2. The summed E-state index contributed by atoms with van der Waals surface area (Å²) in [6, 6.07) is 12.0. The van der Waals surface area contributed by atoms with Gasteiger partial charge < -0.3 is 20.7 Å². The first-order chi connectivity index (χ1) is 14.2. The smallest absolute Gasteiger partial charge is 0.311 e. The molecule has 3 aliphatic carbocycles. The summed E-state index contributed by atoms with van der Waals surface area (Å²) in [6.45, 7) is 0. The van der Waals surface area contributed by atoms with Crippen LogP contribution in [0.1, 0.15) is 23.5 Å². The van der Waals surface area contributed by atoms with E-state index >= 15 is 0 Å². The van der Waals surface area contributed by atoms with Crippen LogP contribution in [0.25, 0.3) is 5.57 Å². The molecule has 2 aromatic carbocycles. The highest BCUT2D eigenvalue weighted by Gasteiger charge is 2.52. The molecule has 9 nitrogen and oxygen atoms in total. The lowest BCUT2D eigenvalue weighted by Gasteiger charge is -2.43. The first kappa shape index (κ1) is 19.9. The van der Waals surface area contributed by atoms with Crippen LogP contribution in [-0.2, 0) is 19.6 Å². The molecule has 0 heterocycles. The van der Waals surface area contributed by atoms with Gasteiger partial charge in [-0.3, -0.25) is 9.59 Å². The van der Waals surface area contributed by atoms with Gasteiger partial charge in [-0.2, -0.15) is 0 Å². The van der Waals surface area contributed by atoms with Crippen molar-refractivity contribution in [2.75, 3.05) is 0 Å². The van der Waals surface area contributed by atoms with Crippen molar-refractivity contribution in [3.8, 4) is 5.75 Å². The second kappa shape index (κ2) is 7.15. The van der Waals surface area contributed by atoms with Crippen molar-refractivity contribution in [2.45, 2.75) is 17.2 Å². The van der Waals surface area contributed by atoms with Gasteiger partial charge in [0.15, 0.2) is 0 Å². The van der Waals surface area contributed by atoms with Gasteiger partial charge in [-0.1, -0.05) is 24.3 Å². The van der Waals surface area contributed by atoms with Crippen LogP contribution in [-0.4, -0.2) is 35.7 Å². The third-order valence-electron chi connectivity index (χ3n) is 5.52. The molecule has 2 aromatic rings. The Balaban J connectivity index is 1.79. The number of aliphatic carboxylic acids is 2. The van der Waals surface area contributed by atoms with Crippen LogP contribution in [0.4, 0.5) is 0 Å². The number of sulfonamides is 1. The summed E-state index contributed by atoms with van der Waals surface area (Å²) >= 11 is 0. The minimum Gasteiger partial charge on any atom is -0.508 e. The minimum absolute atomic E-state index is 0.0142. The third-order valence-corrected chi connectivity index (χ3v) is 6.78. The van der Waals surface area contributed by atoms with E-state index < -0.39 is 39.7 Å². The van der Waals surface area contributed by atoms with Crippen LogP contribution in [0.15, 0.2) is 59.1 Å². The Bertz CT molecular complexity index is 1170. The van der Waals surface area contributed by atoms with Crippen LogP contribution in [0.3, 0.4) is 0 Å². The summed E-state index contributed by atoms with van der Waals surface area (Å²) in [5.74, 6) is -5.96. The number of nitrogens with one attached hydrogen (secondary N) is 2. The highest BCUT2D eigenvalue weighted by atomic mass is 32.2. The van der Waals surface area contributed by atoms with Crippen LogP contribution < -0.4 is 10.3 Å². The monoisotopic (exact) mass is 430 g/mol. The van der Waals surface area contributed by atoms with Crippen molar-refractivity contribution in [2.24, 2.45) is 11.8 Å². The summed E-state index contributed by atoms with van der Waals surface area (Å²) in [5, 5.41) is 29.4. The molecule has 0 saturated heterocycles. The zero-order valence-electron chi connectivity index (χ0n) is 15.4.